The number of nitro groups is 1. The molecule has 0 spiro atoms. The first-order valence-corrected chi connectivity index (χ1v) is 10.8. The fraction of sp³-hybridized carbons (Fsp3) is 0.391. The van der Waals surface area contributed by atoms with Crippen molar-refractivity contribution in [2.24, 2.45) is 17.6 Å². The molecule has 0 radical (unpaired) electrons. The summed E-state index contributed by atoms with van der Waals surface area (Å²) in [5, 5.41) is 17.1. The third kappa shape index (κ3) is 4.91. The Balaban J connectivity index is 1.51. The number of benzene rings is 2. The number of aromatic nitrogens is 2. The summed E-state index contributed by atoms with van der Waals surface area (Å²) in [6, 6.07) is 14.4. The monoisotopic (exact) mass is 420 g/mol. The molecule has 1 aliphatic carbocycles. The SMILES string of the molecule is NCC1CCC(Cc2nc(NCc3ccc4ccccc4c3)nc(N)c2[N+](=O)[O-])CC1. The molecule has 0 saturated heterocycles. The lowest BCUT2D eigenvalue weighted by atomic mass is 9.80. The van der Waals surface area contributed by atoms with Gasteiger partial charge in [-0.2, -0.15) is 4.98 Å². The Hall–Kier alpha value is -3.26. The normalized spacial score (nSPS) is 18.7. The fourth-order valence-corrected chi connectivity index (χ4v) is 4.42. The van der Waals surface area contributed by atoms with E-state index in [2.05, 4.69) is 39.6 Å². The average Bonchev–Trinajstić information content (AvgIpc) is 2.77. The van der Waals surface area contributed by atoms with Crippen molar-refractivity contribution in [2.75, 3.05) is 17.6 Å². The van der Waals surface area contributed by atoms with Crippen molar-refractivity contribution in [3.05, 3.63) is 63.8 Å². The van der Waals surface area contributed by atoms with Crippen LogP contribution in [0.5, 0.6) is 0 Å². The molecule has 0 amide bonds. The first kappa shape index (κ1) is 21.0. The highest BCUT2D eigenvalue weighted by Gasteiger charge is 2.27. The second kappa shape index (κ2) is 9.26. The van der Waals surface area contributed by atoms with Gasteiger partial charge in [0.1, 0.15) is 5.69 Å². The number of hydrogen-bond donors (Lipinski definition) is 3. The number of hydrogen-bond acceptors (Lipinski definition) is 7. The summed E-state index contributed by atoms with van der Waals surface area (Å²) in [6.45, 7) is 1.21. The molecule has 1 aromatic heterocycles. The minimum atomic E-state index is -0.469. The van der Waals surface area contributed by atoms with Crippen LogP contribution in [0.1, 0.15) is 36.9 Å². The van der Waals surface area contributed by atoms with E-state index >= 15 is 0 Å². The predicted octanol–water partition coefficient (Wildman–Crippen LogP) is 4.04. The highest BCUT2D eigenvalue weighted by molar-refractivity contribution is 5.83. The van der Waals surface area contributed by atoms with Crippen LogP contribution < -0.4 is 16.8 Å². The molecule has 0 aliphatic heterocycles. The second-order valence-electron chi connectivity index (χ2n) is 8.35. The van der Waals surface area contributed by atoms with Crippen LogP contribution in [0, 0.1) is 22.0 Å². The van der Waals surface area contributed by atoms with E-state index < -0.39 is 4.92 Å². The Morgan fingerprint density at radius 1 is 1.03 bits per heavy atom. The molecule has 1 aliphatic rings. The molecule has 0 unspecified atom stereocenters. The predicted molar refractivity (Wildman–Crippen MR) is 123 cm³/mol. The van der Waals surface area contributed by atoms with Gasteiger partial charge in [-0.15, -0.1) is 0 Å². The van der Waals surface area contributed by atoms with Gasteiger partial charge < -0.3 is 16.8 Å². The van der Waals surface area contributed by atoms with Crippen LogP contribution in [0.2, 0.25) is 0 Å². The van der Waals surface area contributed by atoms with Gasteiger partial charge in [0.15, 0.2) is 0 Å². The van der Waals surface area contributed by atoms with Gasteiger partial charge in [0.05, 0.1) is 4.92 Å². The molecule has 4 rings (SSSR count). The van der Waals surface area contributed by atoms with Crippen LogP contribution in [0.4, 0.5) is 17.5 Å². The molecule has 2 aromatic carbocycles. The molecule has 0 bridgehead atoms. The zero-order chi connectivity index (χ0) is 21.8. The lowest BCUT2D eigenvalue weighted by Gasteiger charge is -2.27. The van der Waals surface area contributed by atoms with Crippen molar-refractivity contribution in [3.63, 3.8) is 0 Å². The quantitative estimate of drug-likeness (QED) is 0.388. The number of rotatable bonds is 7. The van der Waals surface area contributed by atoms with Gasteiger partial charge in [0.2, 0.25) is 11.8 Å². The van der Waals surface area contributed by atoms with Gasteiger partial charge in [0, 0.05) is 6.54 Å². The van der Waals surface area contributed by atoms with Crippen LogP contribution in [0.25, 0.3) is 10.8 Å². The summed E-state index contributed by atoms with van der Waals surface area (Å²) in [4.78, 5) is 19.8. The van der Waals surface area contributed by atoms with E-state index in [9.17, 15) is 10.1 Å². The smallest absolute Gasteiger partial charge is 0.332 e. The van der Waals surface area contributed by atoms with Crippen molar-refractivity contribution in [1.29, 1.82) is 0 Å². The van der Waals surface area contributed by atoms with E-state index in [-0.39, 0.29) is 11.5 Å². The van der Waals surface area contributed by atoms with Gasteiger partial charge in [-0.1, -0.05) is 36.4 Å². The number of nitrogen functional groups attached to an aromatic ring is 1. The maximum Gasteiger partial charge on any atom is 0.332 e. The topological polar surface area (TPSA) is 133 Å². The second-order valence-corrected chi connectivity index (χ2v) is 8.35. The third-order valence-electron chi connectivity index (χ3n) is 6.21. The first-order valence-electron chi connectivity index (χ1n) is 10.8. The maximum absolute atomic E-state index is 11.6. The maximum atomic E-state index is 11.6. The molecule has 8 heteroatoms. The van der Waals surface area contributed by atoms with Gasteiger partial charge in [-0.3, -0.25) is 10.1 Å². The number of nitrogens with zero attached hydrogens (tertiary/aromatic N) is 3. The average molecular weight is 421 g/mol. The minimum Gasteiger partial charge on any atom is -0.378 e. The van der Waals surface area contributed by atoms with E-state index in [1.54, 1.807) is 0 Å². The van der Waals surface area contributed by atoms with E-state index in [4.69, 9.17) is 11.5 Å². The van der Waals surface area contributed by atoms with Gasteiger partial charge >= 0.3 is 5.69 Å². The van der Waals surface area contributed by atoms with Gasteiger partial charge in [0.25, 0.3) is 0 Å². The van der Waals surface area contributed by atoms with Crippen LogP contribution in [-0.4, -0.2) is 21.4 Å². The van der Waals surface area contributed by atoms with E-state index in [0.717, 1.165) is 36.6 Å². The van der Waals surface area contributed by atoms with Crippen molar-refractivity contribution in [1.82, 2.24) is 9.97 Å². The zero-order valence-corrected chi connectivity index (χ0v) is 17.5. The highest BCUT2D eigenvalue weighted by Crippen LogP contribution is 2.34. The molecule has 1 fully saturated rings. The lowest BCUT2D eigenvalue weighted by molar-refractivity contribution is -0.385. The Morgan fingerprint density at radius 3 is 2.45 bits per heavy atom. The minimum absolute atomic E-state index is 0.0911. The van der Waals surface area contributed by atoms with Crippen molar-refractivity contribution in [3.8, 4) is 0 Å². The van der Waals surface area contributed by atoms with E-state index in [1.165, 1.54) is 5.39 Å². The number of fused-ring (bicyclic) bond motifs is 1. The zero-order valence-electron chi connectivity index (χ0n) is 17.5. The summed E-state index contributed by atoms with van der Waals surface area (Å²) in [7, 11) is 0. The number of anilines is 2. The van der Waals surface area contributed by atoms with Crippen molar-refractivity contribution in [2.45, 2.75) is 38.6 Å². The molecular formula is C23H28N6O2. The van der Waals surface area contributed by atoms with Crippen LogP contribution in [0.3, 0.4) is 0 Å². The molecule has 1 heterocycles. The molecule has 1 saturated carbocycles. The molecule has 162 valence electrons. The van der Waals surface area contributed by atoms with E-state index in [1.807, 2.05) is 18.2 Å². The van der Waals surface area contributed by atoms with Crippen LogP contribution in [-0.2, 0) is 13.0 Å². The summed E-state index contributed by atoms with van der Waals surface area (Å²) in [6.07, 6.45) is 4.65. The number of nitrogens with two attached hydrogens (primary N) is 2. The largest absolute Gasteiger partial charge is 0.378 e. The standard InChI is InChI=1S/C23H28N6O2/c24-13-16-7-5-15(6-8-16)12-20-21(29(30)31)22(25)28-23(27-20)26-14-17-9-10-18-3-1-2-4-19(18)11-17/h1-4,9-11,15-16H,5-8,12-14,24H2,(H3,25,26,27,28). The summed E-state index contributed by atoms with van der Waals surface area (Å²) >= 11 is 0. The Kier molecular flexibility index (Phi) is 6.27. The molecule has 31 heavy (non-hydrogen) atoms. The summed E-state index contributed by atoms with van der Waals surface area (Å²) in [5.74, 6) is 1.14. The van der Waals surface area contributed by atoms with Crippen molar-refractivity contribution < 1.29 is 4.92 Å². The summed E-state index contributed by atoms with van der Waals surface area (Å²) < 4.78 is 0. The Bertz CT molecular complexity index is 1080. The lowest BCUT2D eigenvalue weighted by Crippen LogP contribution is -2.23. The first-order chi connectivity index (χ1) is 15.0. The Labute approximate surface area is 181 Å². The van der Waals surface area contributed by atoms with E-state index in [0.29, 0.717) is 43.0 Å². The third-order valence-corrected chi connectivity index (χ3v) is 6.21. The Morgan fingerprint density at radius 2 is 1.74 bits per heavy atom. The van der Waals surface area contributed by atoms with Crippen LogP contribution in [0.15, 0.2) is 42.5 Å². The highest BCUT2D eigenvalue weighted by atomic mass is 16.6. The number of nitrogens with one attached hydrogen (secondary N) is 1. The molecule has 5 N–H and O–H groups in total. The molecule has 0 atom stereocenters. The molecular weight excluding hydrogens is 392 g/mol. The van der Waals surface area contributed by atoms with Crippen LogP contribution >= 0.6 is 0 Å². The van der Waals surface area contributed by atoms with Gasteiger partial charge in [-0.25, -0.2) is 4.98 Å². The molecule has 8 nitrogen and oxygen atoms in total. The van der Waals surface area contributed by atoms with Crippen molar-refractivity contribution >= 4 is 28.2 Å². The summed E-state index contributed by atoms with van der Waals surface area (Å²) in [5.41, 5.74) is 13.1. The fourth-order valence-electron chi connectivity index (χ4n) is 4.42. The molecule has 3 aromatic rings. The van der Waals surface area contributed by atoms with Gasteiger partial charge in [-0.05, 0) is 72.9 Å².